The largest absolute Gasteiger partial charge is 0.306 e. The van der Waals surface area contributed by atoms with Crippen molar-refractivity contribution in [3.05, 3.63) is 285 Å². The molecule has 0 amide bonds. The van der Waals surface area contributed by atoms with E-state index in [0.717, 1.165) is 107 Å². The Morgan fingerprint density at radius 2 is 0.512 bits per heavy atom. The fraction of sp³-hybridized carbons (Fsp3) is 0. The third-order valence-corrected chi connectivity index (χ3v) is 14.3. The van der Waals surface area contributed by atoms with E-state index < -0.39 is 0 Å². The van der Waals surface area contributed by atoms with E-state index in [-0.39, 0.29) is 0 Å². The summed E-state index contributed by atoms with van der Waals surface area (Å²) in [7, 11) is 0. The Morgan fingerprint density at radius 1 is 0.200 bits per heavy atom. The van der Waals surface area contributed by atoms with Gasteiger partial charge in [0.1, 0.15) is 0 Å². The molecule has 1 aliphatic rings. The maximum absolute atomic E-state index is 5.64. The van der Waals surface area contributed by atoms with Gasteiger partial charge in [0.05, 0.1) is 56.8 Å². The zero-order valence-corrected chi connectivity index (χ0v) is 43.2. The number of rotatable bonds is 11. The molecule has 0 aliphatic carbocycles. The van der Waals surface area contributed by atoms with Crippen molar-refractivity contribution >= 4 is 34.4 Å². The molecule has 0 saturated carbocycles. The van der Waals surface area contributed by atoms with Gasteiger partial charge in [-0.05, 0) is 54.1 Å². The SMILES string of the molecule is c1ccc(-c2cc(-c3ccccc3)nc(-c3c(N4c5ccccc5N(c5nc(-c6ccccc6)cc(-c6ccccc6)n5)c5ccccc54)ccc(-c4nc(-c5ccccc5)nc(-c5ccccc5)n4)c3-c3ccccc3)n2)cc1. The van der Waals surface area contributed by atoms with Gasteiger partial charge in [-0.1, -0.05) is 237 Å². The maximum atomic E-state index is 5.64. The second-order valence-electron chi connectivity index (χ2n) is 19.3. The Kier molecular flexibility index (Phi) is 12.3. The average Bonchev–Trinajstić information content (AvgIpc) is 3.66. The Balaban J connectivity index is 1.07. The summed E-state index contributed by atoms with van der Waals surface area (Å²) in [6.45, 7) is 0. The zero-order chi connectivity index (χ0) is 53.2. The molecule has 4 heterocycles. The minimum atomic E-state index is 0.502. The van der Waals surface area contributed by atoms with Gasteiger partial charge in [0, 0.05) is 44.5 Å². The van der Waals surface area contributed by atoms with Gasteiger partial charge in [0.15, 0.2) is 23.3 Å². The van der Waals surface area contributed by atoms with Crippen LogP contribution in [0, 0.1) is 0 Å². The van der Waals surface area contributed by atoms with E-state index >= 15 is 0 Å². The van der Waals surface area contributed by atoms with Crippen LogP contribution >= 0.6 is 0 Å². The van der Waals surface area contributed by atoms with Crippen molar-refractivity contribution in [1.82, 2.24) is 34.9 Å². The number of aromatic nitrogens is 7. The third kappa shape index (κ3) is 9.00. The summed E-state index contributed by atoms with van der Waals surface area (Å²) in [6, 6.07) is 97.3. The predicted octanol–water partition coefficient (Wildman–Crippen LogP) is 17.7. The second-order valence-corrected chi connectivity index (χ2v) is 19.3. The van der Waals surface area contributed by atoms with Crippen molar-refractivity contribution in [3.63, 3.8) is 0 Å². The summed E-state index contributed by atoms with van der Waals surface area (Å²) < 4.78 is 0. The molecule has 9 heteroatoms. The lowest BCUT2D eigenvalue weighted by Crippen LogP contribution is -2.26. The lowest BCUT2D eigenvalue weighted by Gasteiger charge is -2.40. The smallest absolute Gasteiger partial charge is 0.235 e. The number of nitrogens with zero attached hydrogens (tertiary/aromatic N) is 9. The molecule has 0 radical (unpaired) electrons. The van der Waals surface area contributed by atoms with Crippen LogP contribution in [-0.2, 0) is 0 Å². The van der Waals surface area contributed by atoms with Crippen molar-refractivity contribution in [2.24, 2.45) is 0 Å². The average molecular weight is 1030 g/mol. The minimum absolute atomic E-state index is 0.502. The van der Waals surface area contributed by atoms with Gasteiger partial charge >= 0.3 is 0 Å². The van der Waals surface area contributed by atoms with Crippen LogP contribution in [0.25, 0.3) is 102 Å². The fourth-order valence-corrected chi connectivity index (χ4v) is 10.6. The summed E-state index contributed by atoms with van der Waals surface area (Å²) in [4.78, 5) is 42.5. The molecule has 10 aromatic carbocycles. The highest BCUT2D eigenvalue weighted by atomic mass is 15.3. The van der Waals surface area contributed by atoms with Gasteiger partial charge in [-0.3, -0.25) is 4.90 Å². The summed E-state index contributed by atoms with van der Waals surface area (Å²) in [5.41, 5.74) is 16.5. The van der Waals surface area contributed by atoms with E-state index in [1.54, 1.807) is 0 Å². The molecule has 0 unspecified atom stereocenters. The molecule has 3 aromatic heterocycles. The van der Waals surface area contributed by atoms with Crippen LogP contribution in [-0.4, -0.2) is 34.9 Å². The van der Waals surface area contributed by atoms with Crippen LogP contribution < -0.4 is 9.80 Å². The Morgan fingerprint density at radius 3 is 0.900 bits per heavy atom. The van der Waals surface area contributed by atoms with Gasteiger partial charge < -0.3 is 4.90 Å². The van der Waals surface area contributed by atoms with Gasteiger partial charge in [0.2, 0.25) is 5.95 Å². The molecule has 376 valence electrons. The fourth-order valence-electron chi connectivity index (χ4n) is 10.6. The standard InChI is InChI=1S/C71H47N9/c1-8-26-48(27-9-1)56-46-57(49-28-10-2-11-29-49)73-70(72-56)66-64(45-44-55(65(66)52-34-16-5-17-35-52)69-77-67(53-36-18-6-19-37-53)76-68(78-69)54-38-20-7-21-39-54)79-60-40-22-24-42-62(60)80(63-43-25-23-41-61(63)79)71-74-58(50-30-12-3-13-31-50)47-59(75-71)51-32-14-4-15-33-51/h1-47H. The first-order valence-electron chi connectivity index (χ1n) is 26.6. The van der Waals surface area contributed by atoms with Crippen LogP contribution in [0.2, 0.25) is 0 Å². The molecule has 0 fully saturated rings. The summed E-state index contributed by atoms with van der Waals surface area (Å²) >= 11 is 0. The molecule has 13 aromatic rings. The third-order valence-electron chi connectivity index (χ3n) is 14.3. The van der Waals surface area contributed by atoms with E-state index in [4.69, 9.17) is 34.9 Å². The van der Waals surface area contributed by atoms with Gasteiger partial charge in [-0.25, -0.2) is 34.9 Å². The van der Waals surface area contributed by atoms with Crippen LogP contribution in [0.4, 0.5) is 34.4 Å². The maximum Gasteiger partial charge on any atom is 0.235 e. The first kappa shape index (κ1) is 47.4. The van der Waals surface area contributed by atoms with Crippen molar-refractivity contribution < 1.29 is 0 Å². The summed E-state index contributed by atoms with van der Waals surface area (Å²) in [6.07, 6.45) is 0. The molecule has 0 saturated heterocycles. The Labute approximate surface area is 463 Å². The second kappa shape index (κ2) is 20.8. The number of hydrogen-bond donors (Lipinski definition) is 0. The molecule has 0 bridgehead atoms. The van der Waals surface area contributed by atoms with Crippen LogP contribution in [0.1, 0.15) is 0 Å². The highest BCUT2D eigenvalue weighted by Gasteiger charge is 2.35. The number of hydrogen-bond acceptors (Lipinski definition) is 9. The Bertz CT molecular complexity index is 4120. The van der Waals surface area contributed by atoms with E-state index in [9.17, 15) is 0 Å². The molecule has 80 heavy (non-hydrogen) atoms. The Hall–Kier alpha value is -11.0. The van der Waals surface area contributed by atoms with E-state index in [0.29, 0.717) is 29.2 Å². The van der Waals surface area contributed by atoms with Crippen molar-refractivity contribution in [3.8, 4) is 102 Å². The summed E-state index contributed by atoms with van der Waals surface area (Å²) in [5.74, 6) is 2.67. The van der Waals surface area contributed by atoms with Crippen molar-refractivity contribution in [1.29, 1.82) is 0 Å². The molecule has 14 rings (SSSR count). The van der Waals surface area contributed by atoms with E-state index in [2.05, 4.69) is 155 Å². The quantitative estimate of drug-likeness (QED) is 0.125. The van der Waals surface area contributed by atoms with Crippen LogP contribution in [0.5, 0.6) is 0 Å². The molecule has 1 aliphatic heterocycles. The van der Waals surface area contributed by atoms with E-state index in [1.807, 2.05) is 140 Å². The lowest BCUT2D eigenvalue weighted by molar-refractivity contribution is 1.06. The van der Waals surface area contributed by atoms with Gasteiger partial charge in [-0.15, -0.1) is 0 Å². The van der Waals surface area contributed by atoms with Gasteiger partial charge in [-0.2, -0.15) is 0 Å². The highest BCUT2D eigenvalue weighted by Crippen LogP contribution is 2.57. The number of benzene rings is 10. The molecule has 9 nitrogen and oxygen atoms in total. The predicted molar refractivity (Wildman–Crippen MR) is 323 cm³/mol. The van der Waals surface area contributed by atoms with Crippen molar-refractivity contribution in [2.75, 3.05) is 9.80 Å². The van der Waals surface area contributed by atoms with E-state index in [1.165, 1.54) is 0 Å². The number of para-hydroxylation sites is 4. The van der Waals surface area contributed by atoms with Crippen LogP contribution in [0.3, 0.4) is 0 Å². The first-order chi connectivity index (χ1) is 39.7. The normalized spacial score (nSPS) is 11.7. The first-order valence-corrected chi connectivity index (χ1v) is 26.6. The molecule has 0 spiro atoms. The molecular weight excluding hydrogens is 979 g/mol. The molecule has 0 N–H and O–H groups in total. The highest BCUT2D eigenvalue weighted by molar-refractivity contribution is 6.07. The van der Waals surface area contributed by atoms with Gasteiger partial charge in [0.25, 0.3) is 0 Å². The monoisotopic (exact) mass is 1030 g/mol. The topological polar surface area (TPSA) is 96.7 Å². The van der Waals surface area contributed by atoms with Crippen molar-refractivity contribution in [2.45, 2.75) is 0 Å². The minimum Gasteiger partial charge on any atom is -0.306 e. The lowest BCUT2D eigenvalue weighted by atomic mass is 9.90. The van der Waals surface area contributed by atoms with Crippen LogP contribution in [0.15, 0.2) is 285 Å². The molecule has 0 atom stereocenters. The number of anilines is 6. The number of fused-ring (bicyclic) bond motifs is 2. The zero-order valence-electron chi connectivity index (χ0n) is 43.2. The molecular formula is C71H47N9. The summed E-state index contributed by atoms with van der Waals surface area (Å²) in [5, 5.41) is 0.